The van der Waals surface area contributed by atoms with Gasteiger partial charge in [-0.2, -0.15) is 5.10 Å². The Labute approximate surface area is 247 Å². The lowest BCUT2D eigenvalue weighted by molar-refractivity contribution is -0.123. The van der Waals surface area contributed by atoms with Gasteiger partial charge in [0.15, 0.2) is 11.5 Å². The number of benzene rings is 3. The Morgan fingerprint density at radius 1 is 1.05 bits per heavy atom. The van der Waals surface area contributed by atoms with E-state index >= 15 is 0 Å². The molecule has 2 aliphatic heterocycles. The normalized spacial score (nSPS) is 15.7. The van der Waals surface area contributed by atoms with Gasteiger partial charge in [-0.05, 0) is 42.0 Å². The molecule has 0 unspecified atom stereocenters. The minimum absolute atomic E-state index is 0.163. The van der Waals surface area contributed by atoms with E-state index in [-0.39, 0.29) is 36.2 Å². The molecule has 10 nitrogen and oxygen atoms in total. The average Bonchev–Trinajstić information content (AvgIpc) is 3.62. The van der Waals surface area contributed by atoms with Crippen molar-refractivity contribution in [2.45, 2.75) is 5.25 Å². The van der Waals surface area contributed by atoms with Crippen molar-refractivity contribution in [1.82, 2.24) is 15.1 Å². The average molecular weight is 587 g/mol. The first-order chi connectivity index (χ1) is 20.6. The van der Waals surface area contributed by atoms with Crippen LogP contribution in [0.4, 0.5) is 5.82 Å². The summed E-state index contributed by atoms with van der Waals surface area (Å²) < 4.78 is 23.5. The van der Waals surface area contributed by atoms with Crippen molar-refractivity contribution in [3.05, 3.63) is 83.9 Å². The van der Waals surface area contributed by atoms with Gasteiger partial charge < -0.3 is 24.3 Å². The van der Waals surface area contributed by atoms with Crippen LogP contribution in [0.15, 0.2) is 72.8 Å². The maximum atomic E-state index is 13.8. The van der Waals surface area contributed by atoms with Crippen LogP contribution in [0.5, 0.6) is 17.2 Å². The lowest BCUT2D eigenvalue weighted by atomic mass is 9.99. The van der Waals surface area contributed by atoms with Crippen molar-refractivity contribution in [2.75, 3.05) is 51.4 Å². The van der Waals surface area contributed by atoms with E-state index in [0.29, 0.717) is 36.2 Å². The van der Waals surface area contributed by atoms with Gasteiger partial charge in [-0.1, -0.05) is 36.4 Å². The fraction of sp³-hybridized carbons (Fsp3) is 0.258. The second-order valence-electron chi connectivity index (χ2n) is 9.69. The Hall–Kier alpha value is -4.48. The fourth-order valence-electron chi connectivity index (χ4n) is 5.06. The molecule has 4 aromatic rings. The van der Waals surface area contributed by atoms with Gasteiger partial charge in [0.1, 0.15) is 18.1 Å². The topological polar surface area (TPSA) is 104 Å². The molecule has 1 atom stereocenters. The molecule has 0 radical (unpaired) electrons. The number of hydrogen-bond donors (Lipinski definition) is 1. The molecule has 216 valence electrons. The van der Waals surface area contributed by atoms with Crippen molar-refractivity contribution in [2.24, 2.45) is 0 Å². The number of amides is 2. The number of methoxy groups -OCH3 is 2. The second-order valence-corrected chi connectivity index (χ2v) is 10.8. The van der Waals surface area contributed by atoms with Gasteiger partial charge in [0.25, 0.3) is 0 Å². The number of thioether (sulfide) groups is 1. The molecular formula is C31H30N4O6S. The summed E-state index contributed by atoms with van der Waals surface area (Å²) in [5.74, 6) is 2.25. The number of fused-ring (bicyclic) bond motifs is 2. The molecule has 1 N–H and O–H groups in total. The SMILES string of the molecule is COCCNC(=O)CN1C(=O)CS[C@@H](c2ccc3c(c2)OCO3)c2c(-c3ccccc3)nn(-c3ccc(OC)cc3)c21. The Morgan fingerprint density at radius 2 is 1.83 bits per heavy atom. The smallest absolute Gasteiger partial charge is 0.240 e. The Morgan fingerprint density at radius 3 is 2.60 bits per heavy atom. The number of carbonyl (C=O) groups excluding carboxylic acids is 2. The van der Waals surface area contributed by atoms with E-state index in [0.717, 1.165) is 28.1 Å². The zero-order valence-electron chi connectivity index (χ0n) is 23.2. The third-order valence-corrected chi connectivity index (χ3v) is 8.34. The summed E-state index contributed by atoms with van der Waals surface area (Å²) in [6.45, 7) is 0.706. The number of ether oxygens (including phenoxy) is 4. The van der Waals surface area contributed by atoms with Crippen LogP contribution >= 0.6 is 11.8 Å². The second kappa shape index (κ2) is 12.2. The summed E-state index contributed by atoms with van der Waals surface area (Å²) in [5, 5.41) is 7.66. The van der Waals surface area contributed by atoms with Gasteiger partial charge in [-0.15, -0.1) is 11.8 Å². The molecule has 1 aromatic heterocycles. The summed E-state index contributed by atoms with van der Waals surface area (Å²) >= 11 is 1.50. The van der Waals surface area contributed by atoms with Gasteiger partial charge in [0.05, 0.1) is 36.1 Å². The van der Waals surface area contributed by atoms with E-state index in [1.165, 1.54) is 11.8 Å². The highest BCUT2D eigenvalue weighted by molar-refractivity contribution is 8.00. The Balaban J connectivity index is 1.56. The predicted octanol–water partition coefficient (Wildman–Crippen LogP) is 4.21. The number of rotatable bonds is 9. The first kappa shape index (κ1) is 27.7. The minimum Gasteiger partial charge on any atom is -0.497 e. The quantitative estimate of drug-likeness (QED) is 0.291. The third-order valence-electron chi connectivity index (χ3n) is 7.08. The maximum absolute atomic E-state index is 13.8. The molecule has 0 bridgehead atoms. The first-order valence-corrected chi connectivity index (χ1v) is 14.5. The lowest BCUT2D eigenvalue weighted by Gasteiger charge is -2.23. The summed E-state index contributed by atoms with van der Waals surface area (Å²) in [6, 6.07) is 23.2. The van der Waals surface area contributed by atoms with E-state index < -0.39 is 0 Å². The Bertz CT molecular complexity index is 1590. The highest BCUT2D eigenvalue weighted by Crippen LogP contribution is 2.50. The molecule has 2 amide bonds. The van der Waals surface area contributed by atoms with Gasteiger partial charge >= 0.3 is 0 Å². The van der Waals surface area contributed by atoms with E-state index in [4.69, 9.17) is 24.0 Å². The van der Waals surface area contributed by atoms with Gasteiger partial charge in [-0.3, -0.25) is 14.5 Å². The van der Waals surface area contributed by atoms with Crippen LogP contribution in [-0.2, 0) is 14.3 Å². The molecule has 2 aliphatic rings. The molecule has 0 saturated carbocycles. The van der Waals surface area contributed by atoms with Crippen molar-refractivity contribution in [3.8, 4) is 34.2 Å². The summed E-state index contributed by atoms with van der Waals surface area (Å²) in [6.07, 6.45) is 0. The molecule has 42 heavy (non-hydrogen) atoms. The van der Waals surface area contributed by atoms with Crippen LogP contribution in [0.3, 0.4) is 0 Å². The van der Waals surface area contributed by atoms with Crippen LogP contribution in [0, 0.1) is 0 Å². The van der Waals surface area contributed by atoms with Crippen molar-refractivity contribution in [3.63, 3.8) is 0 Å². The highest BCUT2D eigenvalue weighted by Gasteiger charge is 2.38. The lowest BCUT2D eigenvalue weighted by Crippen LogP contribution is -2.43. The molecule has 0 fully saturated rings. The van der Waals surface area contributed by atoms with Crippen LogP contribution < -0.4 is 24.4 Å². The Kier molecular flexibility index (Phi) is 8.02. The largest absolute Gasteiger partial charge is 0.497 e. The summed E-state index contributed by atoms with van der Waals surface area (Å²) in [7, 11) is 3.18. The van der Waals surface area contributed by atoms with E-state index in [9.17, 15) is 9.59 Å². The zero-order valence-corrected chi connectivity index (χ0v) is 24.1. The van der Waals surface area contributed by atoms with E-state index in [1.54, 1.807) is 23.8 Å². The van der Waals surface area contributed by atoms with Crippen LogP contribution in [0.25, 0.3) is 16.9 Å². The van der Waals surface area contributed by atoms with Crippen molar-refractivity contribution >= 4 is 29.4 Å². The number of nitrogens with one attached hydrogen (secondary N) is 1. The highest BCUT2D eigenvalue weighted by atomic mass is 32.2. The molecule has 0 spiro atoms. The summed E-state index contributed by atoms with van der Waals surface area (Å²) in [5.41, 5.74) is 4.11. The van der Waals surface area contributed by atoms with E-state index in [1.807, 2.05) is 72.8 Å². The molecule has 0 aliphatic carbocycles. The van der Waals surface area contributed by atoms with Crippen molar-refractivity contribution < 1.29 is 28.5 Å². The van der Waals surface area contributed by atoms with Gasteiger partial charge in [-0.25, -0.2) is 4.68 Å². The third kappa shape index (κ3) is 5.40. The van der Waals surface area contributed by atoms with Gasteiger partial charge in [0, 0.05) is 24.8 Å². The van der Waals surface area contributed by atoms with Crippen LogP contribution in [0.1, 0.15) is 16.4 Å². The number of nitrogens with zero attached hydrogens (tertiary/aromatic N) is 3. The number of aromatic nitrogens is 2. The van der Waals surface area contributed by atoms with E-state index in [2.05, 4.69) is 5.32 Å². The predicted molar refractivity (Wildman–Crippen MR) is 160 cm³/mol. The maximum Gasteiger partial charge on any atom is 0.240 e. The monoisotopic (exact) mass is 586 g/mol. The first-order valence-electron chi connectivity index (χ1n) is 13.5. The van der Waals surface area contributed by atoms with Crippen molar-refractivity contribution in [1.29, 1.82) is 0 Å². The molecule has 3 aromatic carbocycles. The fourth-order valence-corrected chi connectivity index (χ4v) is 6.25. The zero-order chi connectivity index (χ0) is 29.1. The van der Waals surface area contributed by atoms with Crippen LogP contribution in [0.2, 0.25) is 0 Å². The molecule has 3 heterocycles. The molecular weight excluding hydrogens is 556 g/mol. The molecule has 11 heteroatoms. The minimum atomic E-state index is -0.290. The number of hydrogen-bond acceptors (Lipinski definition) is 8. The molecule has 0 saturated heterocycles. The van der Waals surface area contributed by atoms with Crippen LogP contribution in [-0.4, -0.2) is 68.1 Å². The number of carbonyl (C=O) groups is 2. The standard InChI is InChI=1S/C31H30N4O6S/c1-38-15-14-32-26(36)17-34-27(37)18-42-30(21-8-13-24-25(16-21)41-19-40-24)28-29(20-6-4-3-5-7-20)33-35(31(28)34)22-9-11-23(39-2)12-10-22/h3-13,16,30H,14-15,17-19H2,1-2H3,(H,32,36)/t30-/m0/s1. The summed E-state index contributed by atoms with van der Waals surface area (Å²) in [4.78, 5) is 28.5. The number of anilines is 1. The van der Waals surface area contributed by atoms with Gasteiger partial charge in [0.2, 0.25) is 18.6 Å². The molecule has 6 rings (SSSR count).